The first-order chi connectivity index (χ1) is 8.27. The van der Waals surface area contributed by atoms with Crippen LogP contribution in [0.1, 0.15) is 25.5 Å². The van der Waals surface area contributed by atoms with Crippen LogP contribution in [0.4, 0.5) is 0 Å². The fraction of sp³-hybridized carbons (Fsp3) is 0.571. The number of hydrogen-bond acceptors (Lipinski definition) is 3. The quantitative estimate of drug-likeness (QED) is 0.862. The molecule has 2 atom stereocenters. The Kier molecular flexibility index (Phi) is 4.54. The van der Waals surface area contributed by atoms with Crippen molar-refractivity contribution in [3.63, 3.8) is 0 Å². The highest BCUT2D eigenvalue weighted by Gasteiger charge is 2.19. The predicted octanol–water partition coefficient (Wildman–Crippen LogP) is 2.02. The SMILES string of the molecule is CC(OC(C)N1CCNCC1)c1ccccc1. The number of ether oxygens (including phenoxy) is 1. The van der Waals surface area contributed by atoms with Crippen LogP contribution in [0.5, 0.6) is 0 Å². The molecule has 0 aromatic heterocycles. The number of rotatable bonds is 4. The summed E-state index contributed by atoms with van der Waals surface area (Å²) in [5.41, 5.74) is 1.24. The van der Waals surface area contributed by atoms with Gasteiger partial charge in [-0.05, 0) is 19.4 Å². The highest BCUT2D eigenvalue weighted by atomic mass is 16.5. The Labute approximate surface area is 104 Å². The fourth-order valence-corrected chi connectivity index (χ4v) is 2.23. The van der Waals surface area contributed by atoms with Gasteiger partial charge in [-0.3, -0.25) is 4.90 Å². The van der Waals surface area contributed by atoms with Gasteiger partial charge in [0.1, 0.15) is 6.23 Å². The largest absolute Gasteiger partial charge is 0.356 e. The molecule has 94 valence electrons. The summed E-state index contributed by atoms with van der Waals surface area (Å²) in [6, 6.07) is 10.4. The number of nitrogens with zero attached hydrogens (tertiary/aromatic N) is 1. The third-order valence-electron chi connectivity index (χ3n) is 3.34. The first-order valence-corrected chi connectivity index (χ1v) is 6.42. The second-order valence-electron chi connectivity index (χ2n) is 4.57. The maximum absolute atomic E-state index is 6.07. The van der Waals surface area contributed by atoms with Crippen molar-refractivity contribution in [2.75, 3.05) is 26.2 Å². The van der Waals surface area contributed by atoms with Crippen LogP contribution in [-0.4, -0.2) is 37.3 Å². The average molecular weight is 234 g/mol. The minimum Gasteiger partial charge on any atom is -0.356 e. The van der Waals surface area contributed by atoms with Gasteiger partial charge in [0.25, 0.3) is 0 Å². The molecule has 0 saturated carbocycles. The van der Waals surface area contributed by atoms with Crippen LogP contribution in [0, 0.1) is 0 Å². The molecule has 17 heavy (non-hydrogen) atoms. The molecule has 0 spiro atoms. The van der Waals surface area contributed by atoms with Crippen molar-refractivity contribution in [1.29, 1.82) is 0 Å². The smallest absolute Gasteiger partial charge is 0.108 e. The average Bonchev–Trinajstić information content (AvgIpc) is 2.40. The van der Waals surface area contributed by atoms with Crippen LogP contribution in [-0.2, 0) is 4.74 Å². The molecular weight excluding hydrogens is 212 g/mol. The van der Waals surface area contributed by atoms with E-state index in [0.717, 1.165) is 26.2 Å². The molecule has 1 heterocycles. The molecule has 0 amide bonds. The lowest BCUT2D eigenvalue weighted by Crippen LogP contribution is -2.48. The fourth-order valence-electron chi connectivity index (χ4n) is 2.23. The standard InChI is InChI=1S/C14H22N2O/c1-12(14-6-4-3-5-7-14)17-13(2)16-10-8-15-9-11-16/h3-7,12-13,15H,8-11H2,1-2H3. The lowest BCUT2D eigenvalue weighted by atomic mass is 10.1. The van der Waals surface area contributed by atoms with Crippen LogP contribution in [0.25, 0.3) is 0 Å². The van der Waals surface area contributed by atoms with E-state index in [1.54, 1.807) is 0 Å². The number of benzene rings is 1. The molecule has 1 fully saturated rings. The Morgan fingerprint density at radius 1 is 1.12 bits per heavy atom. The lowest BCUT2D eigenvalue weighted by Gasteiger charge is -2.34. The third-order valence-corrected chi connectivity index (χ3v) is 3.34. The van der Waals surface area contributed by atoms with Crippen LogP contribution >= 0.6 is 0 Å². The van der Waals surface area contributed by atoms with Gasteiger partial charge in [-0.1, -0.05) is 30.3 Å². The minimum atomic E-state index is 0.154. The molecule has 1 aliphatic heterocycles. The van der Waals surface area contributed by atoms with Crippen LogP contribution < -0.4 is 5.32 Å². The zero-order chi connectivity index (χ0) is 12.1. The first-order valence-electron chi connectivity index (χ1n) is 6.42. The van der Waals surface area contributed by atoms with Crippen molar-refractivity contribution < 1.29 is 4.74 Å². The maximum Gasteiger partial charge on any atom is 0.108 e. The predicted molar refractivity (Wildman–Crippen MR) is 69.8 cm³/mol. The first kappa shape index (κ1) is 12.6. The highest BCUT2D eigenvalue weighted by molar-refractivity contribution is 5.16. The van der Waals surface area contributed by atoms with E-state index in [1.165, 1.54) is 5.56 Å². The summed E-state index contributed by atoms with van der Waals surface area (Å²) < 4.78 is 6.07. The Balaban J connectivity index is 1.87. The summed E-state index contributed by atoms with van der Waals surface area (Å²) in [4.78, 5) is 2.38. The van der Waals surface area contributed by atoms with E-state index in [2.05, 4.69) is 48.3 Å². The van der Waals surface area contributed by atoms with Gasteiger partial charge >= 0.3 is 0 Å². The number of piperazine rings is 1. The topological polar surface area (TPSA) is 24.5 Å². The Bertz CT molecular complexity index is 322. The van der Waals surface area contributed by atoms with Gasteiger partial charge in [0.05, 0.1) is 6.10 Å². The lowest BCUT2D eigenvalue weighted by molar-refractivity contribution is -0.0879. The number of hydrogen-bond donors (Lipinski definition) is 1. The summed E-state index contributed by atoms with van der Waals surface area (Å²) in [6.07, 6.45) is 0.341. The monoisotopic (exact) mass is 234 g/mol. The molecule has 3 heteroatoms. The van der Waals surface area contributed by atoms with E-state index < -0.39 is 0 Å². The van der Waals surface area contributed by atoms with Gasteiger partial charge < -0.3 is 10.1 Å². The van der Waals surface area contributed by atoms with Crippen molar-refractivity contribution >= 4 is 0 Å². The molecule has 1 aliphatic rings. The van der Waals surface area contributed by atoms with Gasteiger partial charge in [0.2, 0.25) is 0 Å². The molecule has 0 radical (unpaired) electrons. The highest BCUT2D eigenvalue weighted by Crippen LogP contribution is 2.19. The van der Waals surface area contributed by atoms with E-state index in [4.69, 9.17) is 4.74 Å². The molecule has 1 saturated heterocycles. The van der Waals surface area contributed by atoms with Crippen LogP contribution in [0.3, 0.4) is 0 Å². The second kappa shape index (κ2) is 6.15. The summed E-state index contributed by atoms with van der Waals surface area (Å²) in [7, 11) is 0. The zero-order valence-electron chi connectivity index (χ0n) is 10.7. The Morgan fingerprint density at radius 2 is 1.76 bits per heavy atom. The molecule has 2 rings (SSSR count). The van der Waals surface area contributed by atoms with Crippen molar-refractivity contribution in [3.05, 3.63) is 35.9 Å². The van der Waals surface area contributed by atoms with Crippen molar-refractivity contribution in [2.45, 2.75) is 26.2 Å². The normalized spacial score (nSPS) is 21.1. The van der Waals surface area contributed by atoms with Crippen molar-refractivity contribution in [3.8, 4) is 0 Å². The molecule has 1 N–H and O–H groups in total. The molecule has 2 unspecified atom stereocenters. The Hall–Kier alpha value is -0.900. The van der Waals surface area contributed by atoms with Crippen LogP contribution in [0.2, 0.25) is 0 Å². The van der Waals surface area contributed by atoms with Gasteiger partial charge in [0.15, 0.2) is 0 Å². The van der Waals surface area contributed by atoms with E-state index in [-0.39, 0.29) is 12.3 Å². The van der Waals surface area contributed by atoms with Crippen LogP contribution in [0.15, 0.2) is 30.3 Å². The zero-order valence-corrected chi connectivity index (χ0v) is 10.7. The van der Waals surface area contributed by atoms with Crippen molar-refractivity contribution in [2.24, 2.45) is 0 Å². The minimum absolute atomic E-state index is 0.154. The van der Waals surface area contributed by atoms with E-state index in [9.17, 15) is 0 Å². The molecule has 1 aromatic rings. The molecule has 3 nitrogen and oxygen atoms in total. The van der Waals surface area contributed by atoms with Gasteiger partial charge in [0, 0.05) is 26.2 Å². The van der Waals surface area contributed by atoms with Gasteiger partial charge in [-0.25, -0.2) is 0 Å². The Morgan fingerprint density at radius 3 is 2.41 bits per heavy atom. The van der Waals surface area contributed by atoms with Gasteiger partial charge in [-0.2, -0.15) is 0 Å². The van der Waals surface area contributed by atoms with Gasteiger partial charge in [-0.15, -0.1) is 0 Å². The molecular formula is C14H22N2O. The molecule has 0 bridgehead atoms. The third kappa shape index (κ3) is 3.53. The summed E-state index contributed by atoms with van der Waals surface area (Å²) in [5, 5.41) is 3.36. The van der Waals surface area contributed by atoms with E-state index in [0.29, 0.717) is 0 Å². The molecule has 1 aromatic carbocycles. The molecule has 0 aliphatic carbocycles. The van der Waals surface area contributed by atoms with E-state index in [1.807, 2.05) is 6.07 Å². The summed E-state index contributed by atoms with van der Waals surface area (Å²) in [5.74, 6) is 0. The summed E-state index contributed by atoms with van der Waals surface area (Å²) >= 11 is 0. The summed E-state index contributed by atoms with van der Waals surface area (Å²) in [6.45, 7) is 8.53. The van der Waals surface area contributed by atoms with E-state index >= 15 is 0 Å². The van der Waals surface area contributed by atoms with Crippen molar-refractivity contribution in [1.82, 2.24) is 10.2 Å². The maximum atomic E-state index is 6.07. The number of nitrogens with one attached hydrogen (secondary N) is 1. The second-order valence-corrected chi connectivity index (χ2v) is 4.57.